The first-order valence-corrected chi connectivity index (χ1v) is 9.59. The Hall–Kier alpha value is -1.34. The maximum absolute atomic E-state index is 3.57. The first-order valence-electron chi connectivity index (χ1n) is 8.79. The van der Waals surface area contributed by atoms with E-state index >= 15 is 0 Å². The van der Waals surface area contributed by atoms with Crippen molar-refractivity contribution in [2.75, 3.05) is 0 Å². The summed E-state index contributed by atoms with van der Waals surface area (Å²) in [5.74, 6) is 0. The van der Waals surface area contributed by atoms with Gasteiger partial charge < -0.3 is 0 Å². The second-order valence-corrected chi connectivity index (χ2v) is 9.63. The van der Waals surface area contributed by atoms with Crippen molar-refractivity contribution in [2.24, 2.45) is 10.8 Å². The fraction of sp³-hybridized carbons (Fsp3) is 0.391. The lowest BCUT2D eigenvalue weighted by Crippen LogP contribution is -2.30. The minimum atomic E-state index is 0.354. The molecule has 0 atom stereocenters. The molecule has 1 aliphatic carbocycles. The molecule has 1 aliphatic rings. The van der Waals surface area contributed by atoms with E-state index in [0.717, 1.165) is 4.47 Å². The SMILES string of the molecule is CC1(C)CC(=C(c2ccccc2)c2ccc(Br)cc2)CC(C)(C)C1. The minimum absolute atomic E-state index is 0.354. The Morgan fingerprint density at radius 2 is 1.25 bits per heavy atom. The van der Waals surface area contributed by atoms with Gasteiger partial charge >= 0.3 is 0 Å². The van der Waals surface area contributed by atoms with E-state index in [1.807, 2.05) is 0 Å². The van der Waals surface area contributed by atoms with E-state index in [2.05, 4.69) is 98.2 Å². The third-order valence-electron chi connectivity index (χ3n) is 4.89. The summed E-state index contributed by atoms with van der Waals surface area (Å²) >= 11 is 3.57. The molecule has 0 bridgehead atoms. The highest BCUT2D eigenvalue weighted by molar-refractivity contribution is 9.10. The van der Waals surface area contributed by atoms with Gasteiger partial charge in [-0.05, 0) is 58.9 Å². The first-order chi connectivity index (χ1) is 11.3. The molecule has 2 aromatic rings. The Kier molecular flexibility index (Phi) is 4.75. The van der Waals surface area contributed by atoms with Crippen LogP contribution in [-0.2, 0) is 0 Å². The zero-order valence-electron chi connectivity index (χ0n) is 15.2. The molecule has 0 spiro atoms. The third-order valence-corrected chi connectivity index (χ3v) is 5.42. The van der Waals surface area contributed by atoms with Crippen molar-refractivity contribution in [3.05, 3.63) is 75.8 Å². The summed E-state index contributed by atoms with van der Waals surface area (Å²) < 4.78 is 1.13. The average Bonchev–Trinajstić information content (AvgIpc) is 2.47. The third kappa shape index (κ3) is 4.00. The average molecular weight is 383 g/mol. The smallest absolute Gasteiger partial charge is 0.0175 e. The Morgan fingerprint density at radius 1 is 0.750 bits per heavy atom. The molecule has 0 nitrogen and oxygen atoms in total. The Bertz CT molecular complexity index is 715. The highest BCUT2D eigenvalue weighted by atomic mass is 79.9. The van der Waals surface area contributed by atoms with Gasteiger partial charge in [0.05, 0.1) is 0 Å². The standard InChI is InChI=1S/C23H27Br/c1-22(2)14-19(15-23(3,4)16-22)21(17-8-6-5-7-9-17)18-10-12-20(24)13-11-18/h5-13H,14-16H2,1-4H3. The highest BCUT2D eigenvalue weighted by Gasteiger charge is 2.36. The van der Waals surface area contributed by atoms with Crippen LogP contribution in [0.15, 0.2) is 64.6 Å². The van der Waals surface area contributed by atoms with Gasteiger partial charge in [-0.15, -0.1) is 0 Å². The molecule has 0 unspecified atom stereocenters. The molecule has 1 saturated carbocycles. The van der Waals surface area contributed by atoms with Crippen LogP contribution in [0.4, 0.5) is 0 Å². The summed E-state index contributed by atoms with van der Waals surface area (Å²) in [6, 6.07) is 19.7. The molecule has 1 heteroatoms. The molecular weight excluding hydrogens is 356 g/mol. The van der Waals surface area contributed by atoms with Gasteiger partial charge in [-0.1, -0.05) is 91.7 Å². The number of benzene rings is 2. The van der Waals surface area contributed by atoms with E-state index in [-0.39, 0.29) is 0 Å². The van der Waals surface area contributed by atoms with Crippen molar-refractivity contribution in [1.29, 1.82) is 0 Å². The van der Waals surface area contributed by atoms with Crippen LogP contribution in [0, 0.1) is 10.8 Å². The summed E-state index contributed by atoms with van der Waals surface area (Å²) in [6.45, 7) is 9.66. The predicted octanol–water partition coefficient (Wildman–Crippen LogP) is 7.49. The molecule has 3 rings (SSSR count). The number of allylic oxidation sites excluding steroid dienone is 1. The fourth-order valence-electron chi connectivity index (χ4n) is 4.61. The van der Waals surface area contributed by atoms with Gasteiger partial charge in [0, 0.05) is 4.47 Å². The molecule has 24 heavy (non-hydrogen) atoms. The molecule has 126 valence electrons. The number of halogens is 1. The molecule has 0 saturated heterocycles. The van der Waals surface area contributed by atoms with Crippen molar-refractivity contribution in [2.45, 2.75) is 47.0 Å². The summed E-state index contributed by atoms with van der Waals surface area (Å²) in [7, 11) is 0. The Morgan fingerprint density at radius 3 is 1.79 bits per heavy atom. The maximum Gasteiger partial charge on any atom is 0.0175 e. The molecule has 1 fully saturated rings. The topological polar surface area (TPSA) is 0 Å². The molecule has 0 heterocycles. The van der Waals surface area contributed by atoms with Crippen molar-refractivity contribution in [3.8, 4) is 0 Å². The lowest BCUT2D eigenvalue weighted by atomic mass is 9.62. The summed E-state index contributed by atoms with van der Waals surface area (Å²) in [6.07, 6.45) is 3.64. The quantitative estimate of drug-likeness (QED) is 0.504. The van der Waals surface area contributed by atoms with Crippen LogP contribution < -0.4 is 0 Å². The lowest BCUT2D eigenvalue weighted by molar-refractivity contribution is 0.154. The largest absolute Gasteiger partial charge is 0.0622 e. The van der Waals surface area contributed by atoms with E-state index in [0.29, 0.717) is 10.8 Å². The lowest BCUT2D eigenvalue weighted by Gasteiger charge is -2.43. The monoisotopic (exact) mass is 382 g/mol. The zero-order chi connectivity index (χ0) is 17.4. The minimum Gasteiger partial charge on any atom is -0.0622 e. The molecule has 0 radical (unpaired) electrons. The summed E-state index contributed by atoms with van der Waals surface area (Å²) in [5, 5.41) is 0. The summed E-state index contributed by atoms with van der Waals surface area (Å²) in [4.78, 5) is 0. The molecule has 2 aromatic carbocycles. The van der Waals surface area contributed by atoms with Crippen molar-refractivity contribution in [3.63, 3.8) is 0 Å². The van der Waals surface area contributed by atoms with Gasteiger partial charge in [-0.25, -0.2) is 0 Å². The van der Waals surface area contributed by atoms with Crippen molar-refractivity contribution < 1.29 is 0 Å². The molecule has 0 N–H and O–H groups in total. The van der Waals surface area contributed by atoms with Gasteiger partial charge in [-0.3, -0.25) is 0 Å². The van der Waals surface area contributed by atoms with E-state index in [4.69, 9.17) is 0 Å². The van der Waals surface area contributed by atoms with E-state index in [9.17, 15) is 0 Å². The first kappa shape index (κ1) is 17.5. The fourth-order valence-corrected chi connectivity index (χ4v) is 4.88. The van der Waals surface area contributed by atoms with Crippen LogP contribution in [0.5, 0.6) is 0 Å². The molecule has 0 aliphatic heterocycles. The van der Waals surface area contributed by atoms with Gasteiger partial charge in [0.1, 0.15) is 0 Å². The normalized spacial score (nSPS) is 19.1. The van der Waals surface area contributed by atoms with E-state index < -0.39 is 0 Å². The second kappa shape index (κ2) is 6.52. The van der Waals surface area contributed by atoms with Gasteiger partial charge in [0.25, 0.3) is 0 Å². The van der Waals surface area contributed by atoms with Crippen LogP contribution in [0.25, 0.3) is 5.57 Å². The Labute approximate surface area is 155 Å². The van der Waals surface area contributed by atoms with Crippen molar-refractivity contribution in [1.82, 2.24) is 0 Å². The molecular formula is C23H27Br. The summed E-state index contributed by atoms with van der Waals surface area (Å²) in [5.41, 5.74) is 6.41. The number of hydrogen-bond acceptors (Lipinski definition) is 0. The van der Waals surface area contributed by atoms with E-state index in [1.54, 1.807) is 5.57 Å². The second-order valence-electron chi connectivity index (χ2n) is 8.71. The van der Waals surface area contributed by atoms with Crippen molar-refractivity contribution >= 4 is 21.5 Å². The highest BCUT2D eigenvalue weighted by Crippen LogP contribution is 2.50. The molecule has 0 aromatic heterocycles. The van der Waals surface area contributed by atoms with Crippen LogP contribution in [-0.4, -0.2) is 0 Å². The van der Waals surface area contributed by atoms with Gasteiger partial charge in [0.2, 0.25) is 0 Å². The maximum atomic E-state index is 3.57. The number of rotatable bonds is 2. The van der Waals surface area contributed by atoms with Crippen LogP contribution in [0.2, 0.25) is 0 Å². The van der Waals surface area contributed by atoms with Crippen LogP contribution >= 0.6 is 15.9 Å². The van der Waals surface area contributed by atoms with E-state index in [1.165, 1.54) is 36.0 Å². The predicted molar refractivity (Wildman–Crippen MR) is 108 cm³/mol. The zero-order valence-corrected chi connectivity index (χ0v) is 16.8. The van der Waals surface area contributed by atoms with Gasteiger partial charge in [0.15, 0.2) is 0 Å². The number of hydrogen-bond donors (Lipinski definition) is 0. The van der Waals surface area contributed by atoms with Crippen LogP contribution in [0.3, 0.4) is 0 Å². The van der Waals surface area contributed by atoms with Gasteiger partial charge in [-0.2, -0.15) is 0 Å². The molecule has 0 amide bonds. The Balaban J connectivity index is 2.18. The van der Waals surface area contributed by atoms with Crippen LogP contribution in [0.1, 0.15) is 58.1 Å².